The second-order valence-electron chi connectivity index (χ2n) is 5.03. The molecule has 6 heteroatoms. The fourth-order valence-electron chi connectivity index (χ4n) is 2.22. The quantitative estimate of drug-likeness (QED) is 0.666. The summed E-state index contributed by atoms with van der Waals surface area (Å²) in [6, 6.07) is 3.86. The third-order valence-corrected chi connectivity index (χ3v) is 4.47. The first kappa shape index (κ1) is 14.6. The molecule has 1 aliphatic rings. The van der Waals surface area contributed by atoms with Crippen LogP contribution < -0.4 is 5.43 Å². The molecule has 1 amide bonds. The Labute approximate surface area is 126 Å². The SMILES string of the molecule is CC1(C)[C@H](C=C(Cl)Cl)[C@H]1C(=O)N/N=C\c1cccs1. The van der Waals surface area contributed by atoms with Gasteiger partial charge in [0.15, 0.2) is 0 Å². The second kappa shape index (κ2) is 5.65. The summed E-state index contributed by atoms with van der Waals surface area (Å²) in [5.41, 5.74) is 2.44. The van der Waals surface area contributed by atoms with E-state index in [4.69, 9.17) is 23.2 Å². The fourth-order valence-corrected chi connectivity index (χ4v) is 3.08. The minimum Gasteiger partial charge on any atom is -0.273 e. The molecule has 0 saturated heterocycles. The molecule has 1 fully saturated rings. The van der Waals surface area contributed by atoms with Crippen molar-refractivity contribution >= 4 is 46.7 Å². The number of halogens is 2. The summed E-state index contributed by atoms with van der Waals surface area (Å²) in [4.78, 5) is 13.0. The highest BCUT2D eigenvalue weighted by molar-refractivity contribution is 7.11. The number of amides is 1. The lowest BCUT2D eigenvalue weighted by Crippen LogP contribution is -2.21. The van der Waals surface area contributed by atoms with Crippen LogP contribution in [0.5, 0.6) is 0 Å². The molecule has 1 aliphatic carbocycles. The van der Waals surface area contributed by atoms with Gasteiger partial charge in [0.2, 0.25) is 5.91 Å². The highest BCUT2D eigenvalue weighted by Crippen LogP contribution is 2.59. The molecular weight excluding hydrogens is 303 g/mol. The van der Waals surface area contributed by atoms with Crippen molar-refractivity contribution in [2.75, 3.05) is 0 Å². The Morgan fingerprint density at radius 2 is 2.26 bits per heavy atom. The topological polar surface area (TPSA) is 41.5 Å². The molecule has 2 rings (SSSR count). The van der Waals surface area contributed by atoms with E-state index in [9.17, 15) is 4.79 Å². The molecule has 3 nitrogen and oxygen atoms in total. The van der Waals surface area contributed by atoms with Gasteiger partial charge < -0.3 is 0 Å². The van der Waals surface area contributed by atoms with Crippen LogP contribution in [0, 0.1) is 17.3 Å². The van der Waals surface area contributed by atoms with E-state index < -0.39 is 0 Å². The lowest BCUT2D eigenvalue weighted by Gasteiger charge is -2.00. The van der Waals surface area contributed by atoms with Crippen LogP contribution in [-0.4, -0.2) is 12.1 Å². The number of thiophene rings is 1. The van der Waals surface area contributed by atoms with Gasteiger partial charge in [-0.1, -0.05) is 43.1 Å². The van der Waals surface area contributed by atoms with Crippen LogP contribution in [0.15, 0.2) is 33.2 Å². The molecule has 0 bridgehead atoms. The van der Waals surface area contributed by atoms with Crippen LogP contribution in [0.3, 0.4) is 0 Å². The van der Waals surface area contributed by atoms with E-state index in [1.807, 2.05) is 31.4 Å². The minimum absolute atomic E-state index is 0.0643. The van der Waals surface area contributed by atoms with Crippen molar-refractivity contribution in [3.63, 3.8) is 0 Å². The molecule has 1 saturated carbocycles. The molecule has 0 aliphatic heterocycles. The van der Waals surface area contributed by atoms with Gasteiger partial charge in [-0.2, -0.15) is 5.10 Å². The first-order chi connectivity index (χ1) is 8.93. The average Bonchev–Trinajstić information content (AvgIpc) is 2.69. The summed E-state index contributed by atoms with van der Waals surface area (Å²) in [6.07, 6.45) is 3.35. The zero-order valence-electron chi connectivity index (χ0n) is 10.6. The first-order valence-corrected chi connectivity index (χ1v) is 7.45. The molecule has 1 aromatic heterocycles. The zero-order valence-corrected chi connectivity index (χ0v) is 12.9. The summed E-state index contributed by atoms with van der Waals surface area (Å²) >= 11 is 12.9. The molecule has 1 aromatic rings. The van der Waals surface area contributed by atoms with Crippen LogP contribution in [0.4, 0.5) is 0 Å². The van der Waals surface area contributed by atoms with Crippen LogP contribution in [0.1, 0.15) is 18.7 Å². The number of carbonyl (C=O) groups excluding carboxylic acids is 1. The van der Waals surface area contributed by atoms with Crippen molar-refractivity contribution in [3.8, 4) is 0 Å². The van der Waals surface area contributed by atoms with E-state index in [-0.39, 0.29) is 27.6 Å². The van der Waals surface area contributed by atoms with Crippen molar-refractivity contribution in [1.29, 1.82) is 0 Å². The summed E-state index contributed by atoms with van der Waals surface area (Å²) in [6.45, 7) is 4.02. The molecule has 1 heterocycles. The summed E-state index contributed by atoms with van der Waals surface area (Å²) in [5.74, 6) is -0.177. The van der Waals surface area contributed by atoms with Gasteiger partial charge in [0.05, 0.1) is 12.1 Å². The normalized spacial score (nSPS) is 24.2. The third kappa shape index (κ3) is 3.38. The van der Waals surface area contributed by atoms with Gasteiger partial charge in [-0.05, 0) is 28.9 Å². The number of nitrogens with one attached hydrogen (secondary N) is 1. The first-order valence-electron chi connectivity index (χ1n) is 5.82. The maximum absolute atomic E-state index is 12.0. The maximum atomic E-state index is 12.0. The van der Waals surface area contributed by atoms with Crippen LogP contribution in [0.25, 0.3) is 0 Å². The molecule has 0 unspecified atom stereocenters. The highest BCUT2D eigenvalue weighted by Gasteiger charge is 2.60. The van der Waals surface area contributed by atoms with E-state index in [1.165, 1.54) is 0 Å². The minimum atomic E-state index is -0.138. The predicted octanol–water partition coefficient (Wildman–Crippen LogP) is 3.79. The Morgan fingerprint density at radius 1 is 1.53 bits per heavy atom. The molecule has 0 aromatic carbocycles. The highest BCUT2D eigenvalue weighted by atomic mass is 35.5. The second-order valence-corrected chi connectivity index (χ2v) is 7.02. The van der Waals surface area contributed by atoms with E-state index >= 15 is 0 Å². The van der Waals surface area contributed by atoms with Gasteiger partial charge in [-0.25, -0.2) is 5.43 Å². The lowest BCUT2D eigenvalue weighted by molar-refractivity contribution is -0.123. The standard InChI is InChI=1S/C13H14Cl2N2OS/c1-13(2)9(6-10(14)15)11(13)12(18)17-16-7-8-4-3-5-19-8/h3-7,9,11H,1-2H3,(H,17,18)/b16-7-/t9-,11+/m1/s1. The number of nitrogens with zero attached hydrogens (tertiary/aromatic N) is 1. The number of hydrogen-bond acceptors (Lipinski definition) is 3. The molecule has 1 N–H and O–H groups in total. The number of hydrogen-bond donors (Lipinski definition) is 1. The lowest BCUT2D eigenvalue weighted by atomic mass is 10.1. The Bertz CT molecular complexity index is 519. The predicted molar refractivity (Wildman–Crippen MR) is 80.6 cm³/mol. The molecule has 102 valence electrons. The Morgan fingerprint density at radius 3 is 2.84 bits per heavy atom. The van der Waals surface area contributed by atoms with Crippen LogP contribution >= 0.6 is 34.5 Å². The van der Waals surface area contributed by atoms with Gasteiger partial charge in [0.25, 0.3) is 0 Å². The van der Waals surface area contributed by atoms with Crippen molar-refractivity contribution in [2.45, 2.75) is 13.8 Å². The van der Waals surface area contributed by atoms with Crippen molar-refractivity contribution < 1.29 is 4.79 Å². The van der Waals surface area contributed by atoms with Crippen molar-refractivity contribution in [3.05, 3.63) is 33.0 Å². The summed E-state index contributed by atoms with van der Waals surface area (Å²) < 4.78 is 0.204. The average molecular weight is 317 g/mol. The van der Waals surface area contributed by atoms with Gasteiger partial charge >= 0.3 is 0 Å². The van der Waals surface area contributed by atoms with Crippen LogP contribution in [-0.2, 0) is 4.79 Å². The van der Waals surface area contributed by atoms with Gasteiger partial charge in [-0.15, -0.1) is 11.3 Å². The number of carbonyl (C=O) groups is 1. The molecular formula is C13H14Cl2N2OS. The Hall–Kier alpha value is -0.840. The summed E-state index contributed by atoms with van der Waals surface area (Å²) in [5, 5.41) is 5.91. The largest absolute Gasteiger partial charge is 0.273 e. The Kier molecular flexibility index (Phi) is 4.33. The number of hydrazone groups is 1. The molecule has 19 heavy (non-hydrogen) atoms. The van der Waals surface area contributed by atoms with E-state index in [0.29, 0.717) is 0 Å². The maximum Gasteiger partial charge on any atom is 0.244 e. The van der Waals surface area contributed by atoms with E-state index in [0.717, 1.165) is 4.88 Å². The molecule has 0 spiro atoms. The Balaban J connectivity index is 1.93. The molecule has 0 radical (unpaired) electrons. The van der Waals surface area contributed by atoms with E-state index in [1.54, 1.807) is 23.6 Å². The van der Waals surface area contributed by atoms with Crippen molar-refractivity contribution in [1.82, 2.24) is 5.43 Å². The van der Waals surface area contributed by atoms with Gasteiger partial charge in [0.1, 0.15) is 4.49 Å². The van der Waals surface area contributed by atoms with Crippen LogP contribution in [0.2, 0.25) is 0 Å². The monoisotopic (exact) mass is 316 g/mol. The van der Waals surface area contributed by atoms with Gasteiger partial charge in [0, 0.05) is 4.88 Å². The van der Waals surface area contributed by atoms with Crippen molar-refractivity contribution in [2.24, 2.45) is 22.4 Å². The summed E-state index contributed by atoms with van der Waals surface area (Å²) in [7, 11) is 0. The number of allylic oxidation sites excluding steroid dienone is 1. The fraction of sp³-hybridized carbons (Fsp3) is 0.385. The van der Waals surface area contributed by atoms with Gasteiger partial charge in [-0.3, -0.25) is 4.79 Å². The van der Waals surface area contributed by atoms with E-state index in [2.05, 4.69) is 10.5 Å². The third-order valence-electron chi connectivity index (χ3n) is 3.41. The zero-order chi connectivity index (χ0) is 14.0. The molecule has 2 atom stereocenters. The smallest absolute Gasteiger partial charge is 0.244 e. The number of rotatable bonds is 4.